The first-order valence-corrected chi connectivity index (χ1v) is 7.93. The van der Waals surface area contributed by atoms with Gasteiger partial charge in [-0.25, -0.2) is 4.68 Å². The molecular formula is C17H17F3N2O. The summed E-state index contributed by atoms with van der Waals surface area (Å²) in [5, 5.41) is 0.0532. The summed E-state index contributed by atoms with van der Waals surface area (Å²) in [7, 11) is 0. The predicted molar refractivity (Wildman–Crippen MR) is 81.8 cm³/mol. The number of fused-ring (bicyclic) bond motifs is 1. The number of benzene rings is 1. The lowest BCUT2D eigenvalue weighted by molar-refractivity contribution is -0.136. The average Bonchev–Trinajstić information content (AvgIpc) is 3.36. The van der Waals surface area contributed by atoms with E-state index in [-0.39, 0.29) is 11.4 Å². The van der Waals surface area contributed by atoms with Crippen molar-refractivity contribution < 1.29 is 13.2 Å². The highest BCUT2D eigenvalue weighted by Gasteiger charge is 2.42. The maximum Gasteiger partial charge on any atom is 0.417 e. The van der Waals surface area contributed by atoms with Crippen LogP contribution in [0.4, 0.5) is 13.2 Å². The van der Waals surface area contributed by atoms with Gasteiger partial charge in [-0.2, -0.15) is 13.2 Å². The van der Waals surface area contributed by atoms with Gasteiger partial charge in [-0.05, 0) is 43.6 Å². The maximum atomic E-state index is 13.2. The molecule has 1 N–H and O–H groups in total. The van der Waals surface area contributed by atoms with Crippen LogP contribution in [0.5, 0.6) is 0 Å². The second-order valence-electron chi connectivity index (χ2n) is 6.58. The minimum absolute atomic E-state index is 0.0532. The fourth-order valence-corrected chi connectivity index (χ4v) is 3.30. The van der Waals surface area contributed by atoms with Crippen LogP contribution in [0.1, 0.15) is 31.2 Å². The van der Waals surface area contributed by atoms with Gasteiger partial charge in [0.1, 0.15) is 0 Å². The van der Waals surface area contributed by atoms with Gasteiger partial charge >= 0.3 is 6.18 Å². The lowest BCUT2D eigenvalue weighted by Gasteiger charge is -2.23. The largest absolute Gasteiger partial charge is 0.417 e. The molecule has 2 aromatic rings. The molecule has 0 atom stereocenters. The smallest absolute Gasteiger partial charge is 0.319 e. The molecule has 0 amide bonds. The quantitative estimate of drug-likeness (QED) is 0.930. The first-order valence-electron chi connectivity index (χ1n) is 7.93. The third kappa shape index (κ3) is 2.71. The predicted octanol–water partition coefficient (Wildman–Crippen LogP) is 3.75. The summed E-state index contributed by atoms with van der Waals surface area (Å²) < 4.78 is 40.9. The maximum absolute atomic E-state index is 13.2. The minimum atomic E-state index is -4.54. The van der Waals surface area contributed by atoms with Gasteiger partial charge in [0.2, 0.25) is 0 Å². The monoisotopic (exact) mass is 322 g/mol. The van der Waals surface area contributed by atoms with Gasteiger partial charge < -0.3 is 5.43 Å². The van der Waals surface area contributed by atoms with E-state index in [4.69, 9.17) is 0 Å². The number of aromatic nitrogens is 1. The number of rotatable bonds is 4. The van der Waals surface area contributed by atoms with Gasteiger partial charge in [-0.15, -0.1) is 0 Å². The Kier molecular flexibility index (Phi) is 3.18. The average molecular weight is 322 g/mol. The topological polar surface area (TPSA) is 34.0 Å². The molecule has 1 heterocycles. The fraction of sp³-hybridized carbons (Fsp3) is 0.471. The van der Waals surface area contributed by atoms with Crippen LogP contribution in [0.25, 0.3) is 10.9 Å². The Hall–Kier alpha value is -1.98. The van der Waals surface area contributed by atoms with Crippen molar-refractivity contribution in [2.45, 2.75) is 37.9 Å². The number of halogens is 3. The molecule has 2 fully saturated rings. The van der Waals surface area contributed by atoms with E-state index in [1.807, 2.05) is 0 Å². The van der Waals surface area contributed by atoms with E-state index in [1.165, 1.54) is 10.7 Å². The molecule has 3 nitrogen and oxygen atoms in total. The van der Waals surface area contributed by atoms with Gasteiger partial charge in [0.05, 0.1) is 11.1 Å². The third-order valence-electron chi connectivity index (χ3n) is 4.77. The Morgan fingerprint density at radius 2 is 1.70 bits per heavy atom. The van der Waals surface area contributed by atoms with Crippen LogP contribution in [-0.2, 0) is 6.18 Å². The number of alkyl halides is 3. The molecular weight excluding hydrogens is 305 g/mol. The summed E-state index contributed by atoms with van der Waals surface area (Å²) in [6.07, 6.45) is -0.0316. The fourth-order valence-electron chi connectivity index (χ4n) is 3.30. The zero-order chi connectivity index (χ0) is 16.2. The van der Waals surface area contributed by atoms with E-state index in [9.17, 15) is 18.0 Å². The number of nitrogens with one attached hydrogen (secondary N) is 1. The molecule has 2 saturated carbocycles. The molecule has 6 heteroatoms. The second-order valence-corrected chi connectivity index (χ2v) is 6.58. The van der Waals surface area contributed by atoms with Crippen molar-refractivity contribution in [3.05, 3.63) is 46.2 Å². The Morgan fingerprint density at radius 3 is 2.26 bits per heavy atom. The number of hydrogen-bond acceptors (Lipinski definition) is 2. The van der Waals surface area contributed by atoms with Crippen LogP contribution in [0.2, 0.25) is 0 Å². The summed E-state index contributed by atoms with van der Waals surface area (Å²) in [4.78, 5) is 12.3. The van der Waals surface area contributed by atoms with Crippen LogP contribution < -0.4 is 11.0 Å². The molecule has 0 bridgehead atoms. The SMILES string of the molecule is O=c1cc(C(F)(F)F)c2ccccc2n1NC(C1CC1)C1CC1. The number of nitrogens with zero attached hydrogens (tertiary/aromatic N) is 1. The number of para-hydroxylation sites is 1. The molecule has 122 valence electrons. The van der Waals surface area contributed by atoms with Crippen LogP contribution >= 0.6 is 0 Å². The number of hydrogen-bond donors (Lipinski definition) is 1. The van der Waals surface area contributed by atoms with Crippen molar-refractivity contribution in [2.24, 2.45) is 11.8 Å². The zero-order valence-electron chi connectivity index (χ0n) is 12.4. The van der Waals surface area contributed by atoms with Gasteiger partial charge in [0, 0.05) is 17.5 Å². The standard InChI is InChI=1S/C17H17F3N2O/c18-17(19,20)13-9-15(23)22(14-4-2-1-3-12(13)14)21-16(10-5-6-10)11-7-8-11/h1-4,9-11,16,21H,5-8H2. The second kappa shape index (κ2) is 5.01. The third-order valence-corrected chi connectivity index (χ3v) is 4.77. The van der Waals surface area contributed by atoms with Crippen LogP contribution in [0.15, 0.2) is 35.1 Å². The van der Waals surface area contributed by atoms with Gasteiger partial charge in [0.25, 0.3) is 5.56 Å². The number of pyridine rings is 1. The van der Waals surface area contributed by atoms with E-state index >= 15 is 0 Å². The van der Waals surface area contributed by atoms with E-state index in [0.29, 0.717) is 23.4 Å². The van der Waals surface area contributed by atoms with E-state index in [0.717, 1.165) is 25.7 Å². The first kappa shape index (κ1) is 14.6. The summed E-state index contributed by atoms with van der Waals surface area (Å²) in [5.41, 5.74) is 2.00. The summed E-state index contributed by atoms with van der Waals surface area (Å²) in [6.45, 7) is 0. The zero-order valence-corrected chi connectivity index (χ0v) is 12.4. The van der Waals surface area contributed by atoms with Crippen molar-refractivity contribution in [3.8, 4) is 0 Å². The normalized spacial score (nSPS) is 18.6. The van der Waals surface area contributed by atoms with Gasteiger partial charge in [-0.1, -0.05) is 18.2 Å². The molecule has 0 aliphatic heterocycles. The molecule has 2 aliphatic carbocycles. The summed E-state index contributed by atoms with van der Waals surface area (Å²) >= 11 is 0. The Morgan fingerprint density at radius 1 is 1.09 bits per heavy atom. The lowest BCUT2D eigenvalue weighted by Crippen LogP contribution is -2.39. The summed E-state index contributed by atoms with van der Waals surface area (Å²) in [5.74, 6) is 1.07. The Labute approximate surface area is 131 Å². The van der Waals surface area contributed by atoms with Crippen LogP contribution in [0, 0.1) is 11.8 Å². The molecule has 1 aromatic carbocycles. The van der Waals surface area contributed by atoms with E-state index in [2.05, 4.69) is 5.43 Å². The molecule has 0 radical (unpaired) electrons. The molecule has 23 heavy (non-hydrogen) atoms. The Balaban J connectivity index is 1.83. The summed E-state index contributed by atoms with van der Waals surface area (Å²) in [6, 6.07) is 7.09. The first-order chi connectivity index (χ1) is 10.9. The lowest BCUT2D eigenvalue weighted by atomic mass is 10.1. The highest BCUT2D eigenvalue weighted by molar-refractivity contribution is 5.83. The molecule has 2 aliphatic rings. The molecule has 0 unspecified atom stereocenters. The van der Waals surface area contributed by atoms with Gasteiger partial charge in [-0.3, -0.25) is 4.79 Å². The van der Waals surface area contributed by atoms with Crippen molar-refractivity contribution in [1.82, 2.24) is 4.68 Å². The van der Waals surface area contributed by atoms with Gasteiger partial charge in [0.15, 0.2) is 0 Å². The van der Waals surface area contributed by atoms with Crippen molar-refractivity contribution in [1.29, 1.82) is 0 Å². The van der Waals surface area contributed by atoms with Crippen LogP contribution in [-0.4, -0.2) is 10.7 Å². The van der Waals surface area contributed by atoms with Crippen molar-refractivity contribution in [3.63, 3.8) is 0 Å². The Bertz CT molecular complexity index is 792. The van der Waals surface area contributed by atoms with Crippen molar-refractivity contribution >= 4 is 10.9 Å². The van der Waals surface area contributed by atoms with Crippen LogP contribution in [0.3, 0.4) is 0 Å². The molecule has 4 rings (SSSR count). The molecule has 0 saturated heterocycles. The highest BCUT2D eigenvalue weighted by Crippen LogP contribution is 2.45. The highest BCUT2D eigenvalue weighted by atomic mass is 19.4. The minimum Gasteiger partial charge on any atom is -0.319 e. The van der Waals surface area contributed by atoms with E-state index in [1.54, 1.807) is 18.2 Å². The molecule has 0 spiro atoms. The molecule has 1 aromatic heterocycles. The van der Waals surface area contributed by atoms with E-state index < -0.39 is 17.3 Å². The van der Waals surface area contributed by atoms with Crippen molar-refractivity contribution in [2.75, 3.05) is 5.43 Å².